The van der Waals surface area contributed by atoms with E-state index >= 15 is 0 Å². The Kier molecular flexibility index (Phi) is 5.30. The minimum atomic E-state index is -0.343. The fourth-order valence-electron chi connectivity index (χ4n) is 2.00. The third kappa shape index (κ3) is 3.52. The van der Waals surface area contributed by atoms with E-state index in [0.717, 1.165) is 5.69 Å². The Morgan fingerprint density at radius 1 is 1.45 bits per heavy atom. The monoisotopic (exact) mass is 320 g/mol. The molecule has 0 radical (unpaired) electrons. The maximum Gasteiger partial charge on any atom is 0.293 e. The van der Waals surface area contributed by atoms with E-state index in [2.05, 4.69) is 16.7 Å². The topological polar surface area (TPSA) is 71.2 Å². The highest BCUT2D eigenvalue weighted by atomic mass is 35.5. The van der Waals surface area contributed by atoms with Gasteiger partial charge in [0, 0.05) is 18.1 Å². The second-order valence-corrected chi connectivity index (χ2v) is 5.07. The Hall–Kier alpha value is -2.18. The van der Waals surface area contributed by atoms with Gasteiger partial charge in [0.05, 0.1) is 12.3 Å². The quantitative estimate of drug-likeness (QED) is 0.825. The second kappa shape index (κ2) is 7.20. The van der Waals surface area contributed by atoms with Crippen LogP contribution in [-0.2, 0) is 0 Å². The molecule has 0 aliphatic heterocycles. The van der Waals surface area contributed by atoms with Crippen LogP contribution >= 0.6 is 11.6 Å². The molecule has 0 atom stereocenters. The van der Waals surface area contributed by atoms with Crippen molar-refractivity contribution in [3.05, 3.63) is 53.6 Å². The lowest BCUT2D eigenvalue weighted by molar-refractivity contribution is 0.0730. The van der Waals surface area contributed by atoms with Gasteiger partial charge in [-0.05, 0) is 31.2 Å². The van der Waals surface area contributed by atoms with Crippen LogP contribution in [0.1, 0.15) is 16.4 Å². The van der Waals surface area contributed by atoms with Crippen molar-refractivity contribution in [2.75, 3.05) is 19.7 Å². The lowest BCUT2D eigenvalue weighted by Gasteiger charge is -2.17. The van der Waals surface area contributed by atoms with E-state index in [4.69, 9.17) is 16.7 Å². The summed E-state index contributed by atoms with van der Waals surface area (Å²) in [7, 11) is 0. The Morgan fingerprint density at radius 3 is 2.73 bits per heavy atom. The lowest BCUT2D eigenvalue weighted by atomic mass is 10.3. The summed E-state index contributed by atoms with van der Waals surface area (Å²) in [6.07, 6.45) is 1.59. The molecule has 22 heavy (non-hydrogen) atoms. The van der Waals surface area contributed by atoms with Gasteiger partial charge in [-0.25, -0.2) is 9.67 Å². The van der Waals surface area contributed by atoms with Crippen molar-refractivity contribution in [1.82, 2.24) is 19.7 Å². The van der Waals surface area contributed by atoms with E-state index < -0.39 is 0 Å². The molecule has 116 valence electrons. The molecule has 2 rings (SSSR count). The van der Waals surface area contributed by atoms with Gasteiger partial charge < -0.3 is 10.0 Å². The molecule has 2 aromatic rings. The zero-order chi connectivity index (χ0) is 16.1. The average molecular weight is 321 g/mol. The van der Waals surface area contributed by atoms with Crippen LogP contribution < -0.4 is 0 Å². The first-order valence-electron chi connectivity index (χ1n) is 6.77. The molecular weight excluding hydrogens is 304 g/mol. The number of nitrogens with zero attached hydrogens (tertiary/aromatic N) is 4. The normalized spacial score (nSPS) is 10.5. The van der Waals surface area contributed by atoms with E-state index in [1.54, 1.807) is 41.9 Å². The number of carbonyl (C=O) groups excluding carboxylic acids is 1. The zero-order valence-electron chi connectivity index (χ0n) is 12.2. The van der Waals surface area contributed by atoms with Gasteiger partial charge in [-0.3, -0.25) is 4.79 Å². The van der Waals surface area contributed by atoms with Crippen molar-refractivity contribution in [1.29, 1.82) is 0 Å². The van der Waals surface area contributed by atoms with Crippen LogP contribution in [0.3, 0.4) is 0 Å². The van der Waals surface area contributed by atoms with Crippen LogP contribution in [0.2, 0.25) is 5.02 Å². The Labute approximate surface area is 133 Å². The summed E-state index contributed by atoms with van der Waals surface area (Å²) in [5, 5.41) is 13.9. The molecule has 0 saturated carbocycles. The Bertz CT molecular complexity index is 667. The summed E-state index contributed by atoms with van der Waals surface area (Å²) < 4.78 is 1.58. The van der Waals surface area contributed by atoms with E-state index in [9.17, 15) is 4.79 Å². The zero-order valence-corrected chi connectivity index (χ0v) is 13.0. The smallest absolute Gasteiger partial charge is 0.293 e. The highest BCUT2D eigenvalue weighted by Gasteiger charge is 2.20. The SMILES string of the molecule is C=CCN(CCO)C(=O)c1nc(C)n(-c2ccc(Cl)cc2)n1. The number of amides is 1. The van der Waals surface area contributed by atoms with Gasteiger partial charge in [-0.2, -0.15) is 0 Å². The van der Waals surface area contributed by atoms with Gasteiger partial charge in [-0.1, -0.05) is 17.7 Å². The van der Waals surface area contributed by atoms with E-state index in [1.165, 1.54) is 4.90 Å². The number of aryl methyl sites for hydroxylation is 1. The minimum absolute atomic E-state index is 0.0859. The highest BCUT2D eigenvalue weighted by Crippen LogP contribution is 2.14. The number of rotatable bonds is 6. The van der Waals surface area contributed by atoms with E-state index in [-0.39, 0.29) is 24.9 Å². The molecule has 1 N–H and O–H groups in total. The lowest BCUT2D eigenvalue weighted by Crippen LogP contribution is -2.34. The molecule has 0 spiro atoms. The van der Waals surface area contributed by atoms with Crippen LogP contribution in [0.5, 0.6) is 0 Å². The first-order chi connectivity index (χ1) is 10.6. The maximum absolute atomic E-state index is 12.4. The minimum Gasteiger partial charge on any atom is -0.395 e. The Balaban J connectivity index is 2.30. The fourth-order valence-corrected chi connectivity index (χ4v) is 2.13. The molecule has 0 aliphatic rings. The number of hydrogen-bond acceptors (Lipinski definition) is 4. The van der Waals surface area contributed by atoms with Crippen LogP contribution in [-0.4, -0.2) is 50.4 Å². The number of halogens is 1. The van der Waals surface area contributed by atoms with Crippen molar-refractivity contribution in [3.63, 3.8) is 0 Å². The van der Waals surface area contributed by atoms with Crippen molar-refractivity contribution in [2.24, 2.45) is 0 Å². The number of hydrogen-bond donors (Lipinski definition) is 1. The third-order valence-electron chi connectivity index (χ3n) is 3.04. The predicted molar refractivity (Wildman–Crippen MR) is 84.3 cm³/mol. The molecule has 0 aliphatic carbocycles. The molecule has 1 heterocycles. The van der Waals surface area contributed by atoms with Gasteiger partial charge in [0.1, 0.15) is 5.82 Å². The van der Waals surface area contributed by atoms with Crippen LogP contribution in [0.25, 0.3) is 5.69 Å². The van der Waals surface area contributed by atoms with Crippen molar-refractivity contribution >= 4 is 17.5 Å². The maximum atomic E-state index is 12.4. The molecule has 0 bridgehead atoms. The number of aromatic nitrogens is 3. The van der Waals surface area contributed by atoms with Gasteiger partial charge in [-0.15, -0.1) is 11.7 Å². The summed E-state index contributed by atoms with van der Waals surface area (Å²) in [6.45, 7) is 5.78. The number of carbonyl (C=O) groups is 1. The largest absolute Gasteiger partial charge is 0.395 e. The van der Waals surface area contributed by atoms with Gasteiger partial charge >= 0.3 is 0 Å². The first kappa shape index (κ1) is 16.2. The summed E-state index contributed by atoms with van der Waals surface area (Å²) in [4.78, 5) is 18.0. The summed E-state index contributed by atoms with van der Waals surface area (Å²) in [5.41, 5.74) is 0.769. The Morgan fingerprint density at radius 2 is 2.14 bits per heavy atom. The van der Waals surface area contributed by atoms with Crippen molar-refractivity contribution in [3.8, 4) is 5.69 Å². The molecular formula is C15H17ClN4O2. The molecule has 0 fully saturated rings. The standard InChI is InChI=1S/C15H17ClN4O2/c1-3-8-19(9-10-21)15(22)14-17-11(2)20(18-14)13-6-4-12(16)5-7-13/h3-7,21H,1,8-10H2,2H3. The van der Waals surface area contributed by atoms with Crippen LogP contribution in [0.15, 0.2) is 36.9 Å². The molecule has 1 aromatic carbocycles. The van der Waals surface area contributed by atoms with Crippen LogP contribution in [0.4, 0.5) is 0 Å². The molecule has 0 saturated heterocycles. The van der Waals surface area contributed by atoms with E-state index in [0.29, 0.717) is 17.4 Å². The summed E-state index contributed by atoms with van der Waals surface area (Å²) in [6, 6.07) is 7.09. The van der Waals surface area contributed by atoms with Crippen molar-refractivity contribution < 1.29 is 9.90 Å². The van der Waals surface area contributed by atoms with Gasteiger partial charge in [0.25, 0.3) is 5.91 Å². The third-order valence-corrected chi connectivity index (χ3v) is 3.29. The first-order valence-corrected chi connectivity index (χ1v) is 7.15. The van der Waals surface area contributed by atoms with E-state index in [1.807, 2.05) is 0 Å². The molecule has 1 amide bonds. The number of aliphatic hydroxyl groups is 1. The fraction of sp³-hybridized carbons (Fsp3) is 0.267. The highest BCUT2D eigenvalue weighted by molar-refractivity contribution is 6.30. The predicted octanol–water partition coefficient (Wildman–Crippen LogP) is 1.85. The van der Waals surface area contributed by atoms with Crippen molar-refractivity contribution in [2.45, 2.75) is 6.92 Å². The molecule has 0 unspecified atom stereocenters. The van der Waals surface area contributed by atoms with Crippen LogP contribution in [0, 0.1) is 6.92 Å². The summed E-state index contributed by atoms with van der Waals surface area (Å²) >= 11 is 5.87. The molecule has 1 aromatic heterocycles. The molecule has 7 heteroatoms. The molecule has 6 nitrogen and oxygen atoms in total. The van der Waals surface area contributed by atoms with Gasteiger partial charge in [0.15, 0.2) is 0 Å². The average Bonchev–Trinajstić information content (AvgIpc) is 2.89. The summed E-state index contributed by atoms with van der Waals surface area (Å²) in [5.74, 6) is 0.334. The second-order valence-electron chi connectivity index (χ2n) is 4.63. The number of aliphatic hydroxyl groups excluding tert-OH is 1. The number of benzene rings is 1. The van der Waals surface area contributed by atoms with Gasteiger partial charge in [0.2, 0.25) is 5.82 Å².